The minimum atomic E-state index is 0.101. The molecule has 0 saturated heterocycles. The quantitative estimate of drug-likeness (QED) is 0.652. The van der Waals surface area contributed by atoms with E-state index in [0.717, 1.165) is 46.5 Å². The van der Waals surface area contributed by atoms with Gasteiger partial charge in [0.25, 0.3) is 0 Å². The van der Waals surface area contributed by atoms with Crippen LogP contribution in [0.5, 0.6) is 0 Å². The van der Waals surface area contributed by atoms with E-state index in [4.69, 9.17) is 0 Å². The van der Waals surface area contributed by atoms with Gasteiger partial charge in [-0.05, 0) is 48.4 Å². The Kier molecular flexibility index (Phi) is 3.90. The van der Waals surface area contributed by atoms with E-state index in [0.29, 0.717) is 0 Å². The van der Waals surface area contributed by atoms with Gasteiger partial charge in [-0.2, -0.15) is 0 Å². The van der Waals surface area contributed by atoms with E-state index in [1.54, 1.807) is 0 Å². The molecule has 0 radical (unpaired) electrons. The Morgan fingerprint density at radius 3 is 2.30 bits per heavy atom. The molecule has 0 saturated carbocycles. The van der Waals surface area contributed by atoms with E-state index in [1.807, 2.05) is 54.6 Å². The molecular formula is C25H21NO. The second kappa shape index (κ2) is 6.55. The first kappa shape index (κ1) is 16.1. The molecule has 0 atom stereocenters. The fraction of sp³-hybridized carbons (Fsp3) is 0.160. The van der Waals surface area contributed by atoms with Crippen molar-refractivity contribution in [3.05, 3.63) is 101 Å². The van der Waals surface area contributed by atoms with E-state index in [9.17, 15) is 4.79 Å². The summed E-state index contributed by atoms with van der Waals surface area (Å²) in [6.45, 7) is 0. The van der Waals surface area contributed by atoms with Crippen molar-refractivity contribution < 1.29 is 4.79 Å². The second-order valence-electron chi connectivity index (χ2n) is 7.27. The van der Waals surface area contributed by atoms with Gasteiger partial charge in [0, 0.05) is 16.8 Å². The van der Waals surface area contributed by atoms with Gasteiger partial charge >= 0.3 is 0 Å². The summed E-state index contributed by atoms with van der Waals surface area (Å²) in [4.78, 5) is 13.2. The fourth-order valence-electron chi connectivity index (χ4n) is 4.33. The standard InChI is InChI=1S/C25H21NO/c27-25-21-15-7-6-14-20(21)24(23(25)18-10-2-1-3-11-18)26-22-16-8-12-17-9-4-5-13-19(17)22/h1-3,6-8,10-12,14-16,26H,4-5,9,13H2. The van der Waals surface area contributed by atoms with Gasteiger partial charge in [0.1, 0.15) is 0 Å². The topological polar surface area (TPSA) is 29.1 Å². The van der Waals surface area contributed by atoms with Crippen molar-refractivity contribution in [3.8, 4) is 0 Å². The molecule has 3 aromatic rings. The highest BCUT2D eigenvalue weighted by molar-refractivity contribution is 6.40. The van der Waals surface area contributed by atoms with Crippen molar-refractivity contribution in [2.75, 3.05) is 5.32 Å². The number of carbonyl (C=O) groups excluding carboxylic acids is 1. The molecule has 5 rings (SSSR count). The Bertz CT molecular complexity index is 1060. The number of hydrogen-bond donors (Lipinski definition) is 1. The number of fused-ring (bicyclic) bond motifs is 2. The summed E-state index contributed by atoms with van der Waals surface area (Å²) in [5.41, 5.74) is 8.42. The minimum Gasteiger partial charge on any atom is -0.354 e. The molecule has 0 bridgehead atoms. The third-order valence-corrected chi connectivity index (χ3v) is 5.64. The van der Waals surface area contributed by atoms with E-state index in [-0.39, 0.29) is 5.78 Å². The molecule has 0 fully saturated rings. The molecule has 0 spiro atoms. The van der Waals surface area contributed by atoms with Crippen molar-refractivity contribution in [2.45, 2.75) is 25.7 Å². The van der Waals surface area contributed by atoms with Crippen LogP contribution in [-0.4, -0.2) is 5.78 Å². The Morgan fingerprint density at radius 1 is 0.704 bits per heavy atom. The first-order chi connectivity index (χ1) is 13.3. The van der Waals surface area contributed by atoms with Crippen LogP contribution in [-0.2, 0) is 12.8 Å². The molecule has 132 valence electrons. The Labute approximate surface area is 159 Å². The Balaban J connectivity index is 1.68. The van der Waals surface area contributed by atoms with Gasteiger partial charge in [-0.15, -0.1) is 0 Å². The molecule has 2 heteroatoms. The average Bonchev–Trinajstić information content (AvgIpc) is 3.01. The summed E-state index contributed by atoms with van der Waals surface area (Å²) in [6, 6.07) is 24.4. The number of Topliss-reactive ketones (excluding diaryl/α,β-unsaturated/α-hetero) is 1. The number of nitrogens with one attached hydrogen (secondary N) is 1. The molecule has 27 heavy (non-hydrogen) atoms. The number of carbonyl (C=O) groups is 1. The third kappa shape index (κ3) is 2.69. The lowest BCUT2D eigenvalue weighted by Gasteiger charge is -2.21. The number of allylic oxidation sites excluding steroid dienone is 1. The van der Waals surface area contributed by atoms with E-state index in [1.165, 1.54) is 24.0 Å². The summed E-state index contributed by atoms with van der Waals surface area (Å²) in [5, 5.41) is 3.66. The van der Waals surface area contributed by atoms with Gasteiger partial charge in [-0.3, -0.25) is 4.79 Å². The highest BCUT2D eigenvalue weighted by Crippen LogP contribution is 2.40. The predicted molar refractivity (Wildman–Crippen MR) is 111 cm³/mol. The molecule has 0 aromatic heterocycles. The lowest BCUT2D eigenvalue weighted by molar-refractivity contribution is 0.105. The molecule has 0 unspecified atom stereocenters. The highest BCUT2D eigenvalue weighted by atomic mass is 16.1. The monoisotopic (exact) mass is 351 g/mol. The summed E-state index contributed by atoms with van der Waals surface area (Å²) in [5.74, 6) is 0.101. The number of benzene rings is 3. The van der Waals surface area contributed by atoms with Crippen molar-refractivity contribution in [1.29, 1.82) is 0 Å². The first-order valence-corrected chi connectivity index (χ1v) is 9.64. The maximum Gasteiger partial charge on any atom is 0.196 e. The van der Waals surface area contributed by atoms with Crippen LogP contribution in [0.4, 0.5) is 5.69 Å². The summed E-state index contributed by atoms with van der Waals surface area (Å²) < 4.78 is 0. The van der Waals surface area contributed by atoms with E-state index >= 15 is 0 Å². The first-order valence-electron chi connectivity index (χ1n) is 9.64. The zero-order chi connectivity index (χ0) is 18.2. The fourth-order valence-corrected chi connectivity index (χ4v) is 4.33. The third-order valence-electron chi connectivity index (χ3n) is 5.64. The zero-order valence-corrected chi connectivity index (χ0v) is 15.2. The van der Waals surface area contributed by atoms with Crippen LogP contribution in [0.25, 0.3) is 11.3 Å². The second-order valence-corrected chi connectivity index (χ2v) is 7.27. The molecule has 0 amide bonds. The Hall–Kier alpha value is -3.13. The average molecular weight is 351 g/mol. The van der Waals surface area contributed by atoms with Crippen LogP contribution in [0, 0.1) is 0 Å². The zero-order valence-electron chi connectivity index (χ0n) is 15.2. The summed E-state index contributed by atoms with van der Waals surface area (Å²) in [6.07, 6.45) is 4.73. The van der Waals surface area contributed by atoms with Gasteiger partial charge < -0.3 is 5.32 Å². The van der Waals surface area contributed by atoms with Crippen molar-refractivity contribution >= 4 is 22.7 Å². The number of rotatable bonds is 3. The minimum absolute atomic E-state index is 0.101. The van der Waals surface area contributed by atoms with Crippen LogP contribution < -0.4 is 5.32 Å². The van der Waals surface area contributed by atoms with E-state index < -0.39 is 0 Å². The molecule has 0 heterocycles. The lowest BCUT2D eigenvalue weighted by atomic mass is 9.90. The lowest BCUT2D eigenvalue weighted by Crippen LogP contribution is -2.08. The van der Waals surface area contributed by atoms with Gasteiger partial charge in [-0.1, -0.05) is 66.7 Å². The number of hydrogen-bond acceptors (Lipinski definition) is 2. The van der Waals surface area contributed by atoms with Gasteiger partial charge in [0.15, 0.2) is 5.78 Å². The molecular weight excluding hydrogens is 330 g/mol. The molecule has 2 aliphatic rings. The molecule has 0 aliphatic heterocycles. The molecule has 2 aliphatic carbocycles. The van der Waals surface area contributed by atoms with Crippen molar-refractivity contribution in [1.82, 2.24) is 0 Å². The summed E-state index contributed by atoms with van der Waals surface area (Å²) >= 11 is 0. The maximum atomic E-state index is 13.2. The van der Waals surface area contributed by atoms with Crippen LogP contribution in [0.1, 0.15) is 45.5 Å². The van der Waals surface area contributed by atoms with Gasteiger partial charge in [0.05, 0.1) is 11.3 Å². The Morgan fingerprint density at radius 2 is 1.44 bits per heavy atom. The SMILES string of the molecule is O=C1C(c2ccccc2)=C(Nc2cccc3c2CCCC3)c2ccccc21. The number of ketones is 1. The molecule has 2 nitrogen and oxygen atoms in total. The normalized spacial score (nSPS) is 15.5. The number of anilines is 1. The van der Waals surface area contributed by atoms with Crippen molar-refractivity contribution in [3.63, 3.8) is 0 Å². The smallest absolute Gasteiger partial charge is 0.196 e. The molecule has 3 aromatic carbocycles. The largest absolute Gasteiger partial charge is 0.354 e. The highest BCUT2D eigenvalue weighted by Gasteiger charge is 2.30. The van der Waals surface area contributed by atoms with Gasteiger partial charge in [-0.25, -0.2) is 0 Å². The molecule has 1 N–H and O–H groups in total. The van der Waals surface area contributed by atoms with Crippen LogP contribution in [0.3, 0.4) is 0 Å². The van der Waals surface area contributed by atoms with E-state index in [2.05, 4.69) is 23.5 Å². The van der Waals surface area contributed by atoms with Crippen LogP contribution in [0.2, 0.25) is 0 Å². The van der Waals surface area contributed by atoms with Gasteiger partial charge in [0.2, 0.25) is 0 Å². The summed E-state index contributed by atoms with van der Waals surface area (Å²) in [7, 11) is 0. The maximum absolute atomic E-state index is 13.2. The van der Waals surface area contributed by atoms with Crippen LogP contribution >= 0.6 is 0 Å². The predicted octanol–water partition coefficient (Wildman–Crippen LogP) is 5.74. The number of aryl methyl sites for hydroxylation is 1. The van der Waals surface area contributed by atoms with Crippen LogP contribution in [0.15, 0.2) is 72.8 Å². The van der Waals surface area contributed by atoms with Crippen molar-refractivity contribution in [2.24, 2.45) is 0 Å².